The monoisotopic (exact) mass is 288 g/mol. The van der Waals surface area contributed by atoms with Gasteiger partial charge in [-0.25, -0.2) is 0 Å². The third-order valence-electron chi connectivity index (χ3n) is 5.00. The van der Waals surface area contributed by atoms with Gasteiger partial charge in [-0.05, 0) is 43.7 Å². The van der Waals surface area contributed by atoms with Crippen molar-refractivity contribution in [2.24, 2.45) is 5.92 Å². The molecule has 2 N–H and O–H groups in total. The molecule has 4 nitrogen and oxygen atoms in total. The molecule has 0 radical (unpaired) electrons. The maximum atomic E-state index is 12.7. The Morgan fingerprint density at radius 3 is 2.86 bits per heavy atom. The van der Waals surface area contributed by atoms with Crippen LogP contribution in [0.3, 0.4) is 0 Å². The fraction of sp³-hybridized carbons (Fsp3) is 0.588. The number of phenols is 1. The van der Waals surface area contributed by atoms with E-state index in [0.717, 1.165) is 24.4 Å². The van der Waals surface area contributed by atoms with Crippen LogP contribution in [-0.4, -0.2) is 30.1 Å². The summed E-state index contributed by atoms with van der Waals surface area (Å²) in [6, 6.07) is 7.29. The fourth-order valence-electron chi connectivity index (χ4n) is 3.75. The van der Waals surface area contributed by atoms with Crippen molar-refractivity contribution in [3.63, 3.8) is 0 Å². The number of benzene rings is 1. The lowest BCUT2D eigenvalue weighted by atomic mass is 9.77. The highest BCUT2D eigenvalue weighted by Gasteiger charge is 2.35. The largest absolute Gasteiger partial charge is 0.508 e. The van der Waals surface area contributed by atoms with Crippen LogP contribution in [0, 0.1) is 5.92 Å². The van der Waals surface area contributed by atoms with Gasteiger partial charge in [0.15, 0.2) is 0 Å². The number of carbonyl (C=O) groups is 1. The van der Waals surface area contributed by atoms with Gasteiger partial charge in [-0.15, -0.1) is 0 Å². The molecule has 21 heavy (non-hydrogen) atoms. The van der Waals surface area contributed by atoms with Crippen LogP contribution in [0.5, 0.6) is 5.75 Å². The highest BCUT2D eigenvalue weighted by atomic mass is 16.3. The van der Waals surface area contributed by atoms with Gasteiger partial charge < -0.3 is 15.3 Å². The molecule has 2 aliphatic rings. The molecule has 1 saturated carbocycles. The second kappa shape index (κ2) is 6.06. The molecule has 1 aliphatic carbocycles. The molecule has 114 valence electrons. The van der Waals surface area contributed by atoms with Crippen LogP contribution in [0.2, 0.25) is 0 Å². The van der Waals surface area contributed by atoms with Gasteiger partial charge in [0.25, 0.3) is 0 Å². The summed E-state index contributed by atoms with van der Waals surface area (Å²) in [5.41, 5.74) is 0.743. The third kappa shape index (κ3) is 3.05. The number of carbonyl (C=O) groups excluding carboxylic acids is 1. The molecule has 4 heteroatoms. The van der Waals surface area contributed by atoms with Crippen LogP contribution in [0.1, 0.15) is 38.5 Å². The van der Waals surface area contributed by atoms with Gasteiger partial charge >= 0.3 is 0 Å². The molecule has 0 bridgehead atoms. The van der Waals surface area contributed by atoms with Crippen LogP contribution in [0.4, 0.5) is 5.69 Å². The van der Waals surface area contributed by atoms with E-state index >= 15 is 0 Å². The zero-order chi connectivity index (χ0) is 14.8. The number of likely N-dealkylation sites (N-methyl/N-ethyl adjacent to an activating group) is 1. The molecule has 1 aromatic carbocycles. The maximum absolute atomic E-state index is 12.7. The minimum atomic E-state index is -0.0864. The van der Waals surface area contributed by atoms with Crippen LogP contribution in [0.15, 0.2) is 24.3 Å². The number of hydrogen-bond acceptors (Lipinski definition) is 3. The topological polar surface area (TPSA) is 52.6 Å². The van der Waals surface area contributed by atoms with Crippen LogP contribution >= 0.6 is 0 Å². The predicted octanol–water partition coefficient (Wildman–Crippen LogP) is 2.67. The highest BCUT2D eigenvalue weighted by molar-refractivity contribution is 5.96. The average Bonchev–Trinajstić information content (AvgIpc) is 2.53. The molecule has 0 spiro atoms. The number of phenolic OH excluding ortho intramolecular Hbond substituents is 1. The number of nitrogens with zero attached hydrogens (tertiary/aromatic N) is 1. The van der Waals surface area contributed by atoms with Gasteiger partial charge in [-0.1, -0.05) is 18.9 Å². The number of amides is 1. The second-order valence-corrected chi connectivity index (χ2v) is 6.36. The molecule has 3 rings (SSSR count). The minimum absolute atomic E-state index is 0.0864. The zero-order valence-corrected chi connectivity index (χ0v) is 12.6. The van der Waals surface area contributed by atoms with Crippen molar-refractivity contribution in [2.75, 3.05) is 11.9 Å². The lowest BCUT2D eigenvalue weighted by molar-refractivity contribution is -0.121. The van der Waals surface area contributed by atoms with E-state index in [1.54, 1.807) is 30.1 Å². The molecule has 0 aromatic heterocycles. The summed E-state index contributed by atoms with van der Waals surface area (Å²) in [5, 5.41) is 13.1. The Morgan fingerprint density at radius 2 is 2.05 bits per heavy atom. The van der Waals surface area contributed by atoms with Crippen molar-refractivity contribution in [2.45, 2.75) is 50.6 Å². The van der Waals surface area contributed by atoms with E-state index in [1.165, 1.54) is 25.7 Å². The second-order valence-electron chi connectivity index (χ2n) is 6.36. The highest BCUT2D eigenvalue weighted by Crippen LogP contribution is 2.33. The standard InChI is InChI=1S/C17H24N2O2/c1-19(13-6-4-7-14(20)11-13)17(21)16-10-9-12-5-2-3-8-15(12)18-16/h4,6-7,11-12,15-16,18,20H,2-3,5,8-10H2,1H3. The predicted molar refractivity (Wildman–Crippen MR) is 83.4 cm³/mol. The number of anilines is 1. The maximum Gasteiger partial charge on any atom is 0.243 e. The number of fused-ring (bicyclic) bond motifs is 1. The molecule has 1 amide bonds. The Balaban J connectivity index is 1.67. The molecule has 2 fully saturated rings. The first-order chi connectivity index (χ1) is 10.1. The Kier molecular flexibility index (Phi) is 4.15. The smallest absolute Gasteiger partial charge is 0.243 e. The summed E-state index contributed by atoms with van der Waals surface area (Å²) in [6.07, 6.45) is 7.19. The molecule has 1 heterocycles. The van der Waals surface area contributed by atoms with E-state index in [2.05, 4.69) is 5.32 Å². The summed E-state index contributed by atoms with van der Waals surface area (Å²) >= 11 is 0. The Labute approximate surface area is 126 Å². The molecular weight excluding hydrogens is 264 g/mol. The summed E-state index contributed by atoms with van der Waals surface area (Å²) in [7, 11) is 1.78. The average molecular weight is 288 g/mol. The van der Waals surface area contributed by atoms with Gasteiger partial charge in [-0.2, -0.15) is 0 Å². The summed E-state index contributed by atoms with van der Waals surface area (Å²) in [4.78, 5) is 14.3. The van der Waals surface area contributed by atoms with Crippen LogP contribution < -0.4 is 10.2 Å². The molecule has 3 unspecified atom stereocenters. The fourth-order valence-corrected chi connectivity index (χ4v) is 3.75. The van der Waals surface area contributed by atoms with E-state index < -0.39 is 0 Å². The van der Waals surface area contributed by atoms with E-state index in [4.69, 9.17) is 0 Å². The number of piperidine rings is 1. The quantitative estimate of drug-likeness (QED) is 0.879. The molecule has 1 aromatic rings. The Morgan fingerprint density at radius 1 is 1.24 bits per heavy atom. The van der Waals surface area contributed by atoms with Crippen molar-refractivity contribution >= 4 is 11.6 Å². The van der Waals surface area contributed by atoms with Crippen molar-refractivity contribution in [1.29, 1.82) is 0 Å². The first kappa shape index (κ1) is 14.4. The molecule has 3 atom stereocenters. The Hall–Kier alpha value is -1.55. The van der Waals surface area contributed by atoms with Gasteiger partial charge in [0.05, 0.1) is 6.04 Å². The molecule has 1 saturated heterocycles. The molecular formula is C17H24N2O2. The van der Waals surface area contributed by atoms with Gasteiger partial charge in [0.1, 0.15) is 5.75 Å². The summed E-state index contributed by atoms with van der Waals surface area (Å²) in [6.45, 7) is 0. The minimum Gasteiger partial charge on any atom is -0.508 e. The normalized spacial score (nSPS) is 28.7. The lowest BCUT2D eigenvalue weighted by Crippen LogP contribution is -2.55. The van der Waals surface area contributed by atoms with Crippen molar-refractivity contribution in [3.8, 4) is 5.75 Å². The van der Waals surface area contributed by atoms with Crippen molar-refractivity contribution in [3.05, 3.63) is 24.3 Å². The number of nitrogens with one attached hydrogen (secondary N) is 1. The zero-order valence-electron chi connectivity index (χ0n) is 12.6. The third-order valence-corrected chi connectivity index (χ3v) is 5.00. The van der Waals surface area contributed by atoms with Gasteiger partial charge in [0.2, 0.25) is 5.91 Å². The van der Waals surface area contributed by atoms with Crippen molar-refractivity contribution in [1.82, 2.24) is 5.32 Å². The first-order valence-electron chi connectivity index (χ1n) is 7.98. The van der Waals surface area contributed by atoms with Crippen LogP contribution in [0.25, 0.3) is 0 Å². The molecule has 1 aliphatic heterocycles. The number of rotatable bonds is 2. The van der Waals surface area contributed by atoms with E-state index in [1.807, 2.05) is 6.07 Å². The Bertz CT molecular complexity index is 517. The van der Waals surface area contributed by atoms with E-state index in [9.17, 15) is 9.90 Å². The van der Waals surface area contributed by atoms with Gasteiger partial charge in [0, 0.05) is 24.8 Å². The van der Waals surface area contributed by atoms with E-state index in [0.29, 0.717) is 6.04 Å². The van der Waals surface area contributed by atoms with Gasteiger partial charge in [-0.3, -0.25) is 4.79 Å². The SMILES string of the molecule is CN(C(=O)C1CCC2CCCCC2N1)c1cccc(O)c1. The summed E-state index contributed by atoms with van der Waals surface area (Å²) in [5.74, 6) is 1.05. The van der Waals surface area contributed by atoms with E-state index in [-0.39, 0.29) is 17.7 Å². The number of hydrogen-bond donors (Lipinski definition) is 2. The van der Waals surface area contributed by atoms with Crippen LogP contribution in [-0.2, 0) is 4.79 Å². The lowest BCUT2D eigenvalue weighted by Gasteiger charge is -2.40. The first-order valence-corrected chi connectivity index (χ1v) is 7.98. The number of aromatic hydroxyl groups is 1. The van der Waals surface area contributed by atoms with Crippen molar-refractivity contribution < 1.29 is 9.90 Å². The summed E-state index contributed by atoms with van der Waals surface area (Å²) < 4.78 is 0.